The maximum Gasteiger partial charge on any atom is 0.250 e. The van der Waals surface area contributed by atoms with Gasteiger partial charge < -0.3 is 11.1 Å². The standard InChI is InChI=1S/C11H15N3O/c1-2-3-4-7-13-10-6-5-9(8-14-10)11(12)15/h2-3,5-6,8H,4,7H2,1H3,(H2,12,15)(H,13,14)/b3-2+. The third-order valence-corrected chi connectivity index (χ3v) is 1.90. The Morgan fingerprint density at radius 1 is 1.60 bits per heavy atom. The van der Waals surface area contributed by atoms with E-state index < -0.39 is 5.91 Å². The zero-order valence-electron chi connectivity index (χ0n) is 8.73. The van der Waals surface area contributed by atoms with Crippen LogP contribution in [0, 0.1) is 0 Å². The highest BCUT2D eigenvalue weighted by molar-refractivity contribution is 5.92. The van der Waals surface area contributed by atoms with E-state index in [4.69, 9.17) is 5.73 Å². The number of aromatic nitrogens is 1. The third-order valence-electron chi connectivity index (χ3n) is 1.90. The van der Waals surface area contributed by atoms with E-state index >= 15 is 0 Å². The van der Waals surface area contributed by atoms with Crippen LogP contribution >= 0.6 is 0 Å². The van der Waals surface area contributed by atoms with E-state index in [1.165, 1.54) is 6.20 Å². The first-order valence-electron chi connectivity index (χ1n) is 4.85. The van der Waals surface area contributed by atoms with Crippen molar-refractivity contribution in [2.75, 3.05) is 11.9 Å². The molecule has 0 aliphatic carbocycles. The van der Waals surface area contributed by atoms with Crippen molar-refractivity contribution in [3.8, 4) is 0 Å². The number of amides is 1. The Morgan fingerprint density at radius 3 is 2.93 bits per heavy atom. The predicted molar refractivity (Wildman–Crippen MR) is 60.7 cm³/mol. The van der Waals surface area contributed by atoms with E-state index in [0.717, 1.165) is 18.8 Å². The van der Waals surface area contributed by atoms with E-state index in [2.05, 4.69) is 16.4 Å². The summed E-state index contributed by atoms with van der Waals surface area (Å²) in [6.07, 6.45) is 6.51. The lowest BCUT2D eigenvalue weighted by Crippen LogP contribution is -2.11. The average Bonchev–Trinajstić information content (AvgIpc) is 2.25. The number of anilines is 1. The number of nitrogens with zero attached hydrogens (tertiary/aromatic N) is 1. The highest BCUT2D eigenvalue weighted by Gasteiger charge is 1.99. The molecule has 1 aromatic heterocycles. The number of hydrogen-bond acceptors (Lipinski definition) is 3. The summed E-state index contributed by atoms with van der Waals surface area (Å²) in [5.74, 6) is 0.299. The Morgan fingerprint density at radius 2 is 2.40 bits per heavy atom. The number of carbonyl (C=O) groups excluding carboxylic acids is 1. The van der Waals surface area contributed by atoms with Crippen molar-refractivity contribution in [2.45, 2.75) is 13.3 Å². The lowest BCUT2D eigenvalue weighted by molar-refractivity contribution is 0.1000. The second-order valence-electron chi connectivity index (χ2n) is 3.08. The van der Waals surface area contributed by atoms with E-state index in [9.17, 15) is 4.79 Å². The molecule has 1 heterocycles. The van der Waals surface area contributed by atoms with Gasteiger partial charge in [-0.1, -0.05) is 12.2 Å². The first-order chi connectivity index (χ1) is 7.24. The minimum absolute atomic E-state index is 0.425. The van der Waals surface area contributed by atoms with Crippen molar-refractivity contribution in [3.05, 3.63) is 36.0 Å². The van der Waals surface area contributed by atoms with E-state index in [1.54, 1.807) is 12.1 Å². The maximum absolute atomic E-state index is 10.8. The Labute approximate surface area is 89.2 Å². The molecule has 1 aromatic rings. The van der Waals surface area contributed by atoms with Crippen molar-refractivity contribution < 1.29 is 4.79 Å². The molecular formula is C11H15N3O. The fraction of sp³-hybridized carbons (Fsp3) is 0.273. The molecule has 0 aliphatic heterocycles. The fourth-order valence-corrected chi connectivity index (χ4v) is 1.09. The Hall–Kier alpha value is -1.84. The summed E-state index contributed by atoms with van der Waals surface area (Å²) in [6.45, 7) is 2.81. The average molecular weight is 205 g/mol. The molecule has 0 radical (unpaired) electrons. The molecule has 0 fully saturated rings. The smallest absolute Gasteiger partial charge is 0.250 e. The lowest BCUT2D eigenvalue weighted by atomic mass is 10.3. The molecule has 0 saturated carbocycles. The minimum Gasteiger partial charge on any atom is -0.370 e. The largest absolute Gasteiger partial charge is 0.370 e. The van der Waals surface area contributed by atoms with E-state index in [0.29, 0.717) is 5.56 Å². The number of pyridine rings is 1. The van der Waals surface area contributed by atoms with Crippen LogP contribution < -0.4 is 11.1 Å². The molecule has 3 N–H and O–H groups in total. The first-order valence-corrected chi connectivity index (χ1v) is 4.85. The molecule has 0 unspecified atom stereocenters. The molecule has 1 amide bonds. The number of rotatable bonds is 5. The van der Waals surface area contributed by atoms with Gasteiger partial charge in [0.05, 0.1) is 5.56 Å². The van der Waals surface area contributed by atoms with Gasteiger partial charge in [0.15, 0.2) is 0 Å². The quantitative estimate of drug-likeness (QED) is 0.566. The highest BCUT2D eigenvalue weighted by Crippen LogP contribution is 2.04. The number of primary amides is 1. The van der Waals surface area contributed by atoms with E-state index in [1.807, 2.05) is 13.0 Å². The van der Waals surface area contributed by atoms with Gasteiger partial charge in [0.2, 0.25) is 5.91 Å². The number of nitrogens with two attached hydrogens (primary N) is 1. The molecule has 15 heavy (non-hydrogen) atoms. The summed E-state index contributed by atoms with van der Waals surface area (Å²) in [6, 6.07) is 3.41. The SMILES string of the molecule is C/C=C/CCNc1ccc(C(N)=O)cn1. The zero-order valence-corrected chi connectivity index (χ0v) is 8.73. The molecule has 4 nitrogen and oxygen atoms in total. The summed E-state index contributed by atoms with van der Waals surface area (Å²) < 4.78 is 0. The zero-order chi connectivity index (χ0) is 11.1. The van der Waals surface area contributed by atoms with Gasteiger partial charge in [0, 0.05) is 12.7 Å². The van der Waals surface area contributed by atoms with Gasteiger partial charge in [-0.2, -0.15) is 0 Å². The summed E-state index contributed by atoms with van der Waals surface area (Å²) >= 11 is 0. The van der Waals surface area contributed by atoms with Gasteiger partial charge in [-0.05, 0) is 25.5 Å². The summed E-state index contributed by atoms with van der Waals surface area (Å²) in [4.78, 5) is 14.8. The molecule has 80 valence electrons. The Kier molecular flexibility index (Phi) is 4.34. The first kappa shape index (κ1) is 11.2. The molecule has 1 rings (SSSR count). The van der Waals surface area contributed by atoms with E-state index in [-0.39, 0.29) is 0 Å². The second-order valence-corrected chi connectivity index (χ2v) is 3.08. The van der Waals surface area contributed by atoms with Crippen LogP contribution in [0.1, 0.15) is 23.7 Å². The highest BCUT2D eigenvalue weighted by atomic mass is 16.1. The van der Waals surface area contributed by atoms with Crippen LogP contribution in [0.15, 0.2) is 30.5 Å². The molecule has 0 spiro atoms. The molecular weight excluding hydrogens is 190 g/mol. The molecule has 0 atom stereocenters. The molecule has 0 bridgehead atoms. The Bertz CT molecular complexity index is 343. The van der Waals surface area contributed by atoms with Crippen LogP contribution in [-0.2, 0) is 0 Å². The minimum atomic E-state index is -0.456. The summed E-state index contributed by atoms with van der Waals surface area (Å²) in [5, 5.41) is 3.13. The molecule has 0 aromatic carbocycles. The maximum atomic E-state index is 10.8. The van der Waals surface area contributed by atoms with Gasteiger partial charge in [-0.3, -0.25) is 4.79 Å². The molecule has 0 aliphatic rings. The number of nitrogens with one attached hydrogen (secondary N) is 1. The van der Waals surface area contributed by atoms with Crippen molar-refractivity contribution in [3.63, 3.8) is 0 Å². The van der Waals surface area contributed by atoms with Crippen molar-refractivity contribution >= 4 is 11.7 Å². The van der Waals surface area contributed by atoms with Crippen LogP contribution in [-0.4, -0.2) is 17.4 Å². The van der Waals surface area contributed by atoms with Gasteiger partial charge in [0.25, 0.3) is 0 Å². The van der Waals surface area contributed by atoms with Gasteiger partial charge in [-0.25, -0.2) is 4.98 Å². The van der Waals surface area contributed by atoms with Crippen molar-refractivity contribution in [2.24, 2.45) is 5.73 Å². The normalized spacial score (nSPS) is 10.5. The van der Waals surface area contributed by atoms with Crippen LogP contribution in [0.25, 0.3) is 0 Å². The number of hydrogen-bond donors (Lipinski definition) is 2. The van der Waals surface area contributed by atoms with Crippen molar-refractivity contribution in [1.82, 2.24) is 4.98 Å². The predicted octanol–water partition coefficient (Wildman–Crippen LogP) is 1.56. The number of allylic oxidation sites excluding steroid dienone is 1. The topological polar surface area (TPSA) is 68.0 Å². The molecule has 4 heteroatoms. The third kappa shape index (κ3) is 3.81. The summed E-state index contributed by atoms with van der Waals surface area (Å²) in [5.41, 5.74) is 5.52. The van der Waals surface area contributed by atoms with Gasteiger partial charge in [-0.15, -0.1) is 0 Å². The van der Waals surface area contributed by atoms with Gasteiger partial charge in [0.1, 0.15) is 5.82 Å². The molecule has 0 saturated heterocycles. The number of carbonyl (C=O) groups is 1. The van der Waals surface area contributed by atoms with Crippen LogP contribution in [0.4, 0.5) is 5.82 Å². The van der Waals surface area contributed by atoms with Gasteiger partial charge >= 0.3 is 0 Å². The fourth-order valence-electron chi connectivity index (χ4n) is 1.09. The van der Waals surface area contributed by atoms with Crippen molar-refractivity contribution in [1.29, 1.82) is 0 Å². The Balaban J connectivity index is 2.46. The van der Waals surface area contributed by atoms with Crippen LogP contribution in [0.5, 0.6) is 0 Å². The van der Waals surface area contributed by atoms with Crippen LogP contribution in [0.3, 0.4) is 0 Å². The second kappa shape index (κ2) is 5.80. The lowest BCUT2D eigenvalue weighted by Gasteiger charge is -2.03. The monoisotopic (exact) mass is 205 g/mol. The summed E-state index contributed by atoms with van der Waals surface area (Å²) in [7, 11) is 0. The van der Waals surface area contributed by atoms with Crippen LogP contribution in [0.2, 0.25) is 0 Å².